The van der Waals surface area contributed by atoms with Gasteiger partial charge in [0.05, 0.1) is 17.0 Å². The van der Waals surface area contributed by atoms with Crippen LogP contribution in [0.25, 0.3) is 6.08 Å². The fourth-order valence-corrected chi connectivity index (χ4v) is 2.61. The molecule has 24 heavy (non-hydrogen) atoms. The van der Waals surface area contributed by atoms with Crippen LogP contribution in [0.5, 0.6) is 5.75 Å². The normalized spacial score (nSPS) is 15.7. The van der Waals surface area contributed by atoms with E-state index in [9.17, 15) is 9.90 Å². The van der Waals surface area contributed by atoms with Gasteiger partial charge in [-0.05, 0) is 54.8 Å². The number of carbonyl (C=O) groups excluding carboxylic acids is 1. The van der Waals surface area contributed by atoms with Crippen LogP contribution in [-0.4, -0.2) is 16.7 Å². The molecular formula is C20H18N2O2. The molecule has 1 aliphatic rings. The Kier molecular flexibility index (Phi) is 4.29. The van der Waals surface area contributed by atoms with Crippen LogP contribution in [0.4, 0.5) is 5.69 Å². The Hall–Kier alpha value is -3.14. The van der Waals surface area contributed by atoms with Crippen LogP contribution in [0.3, 0.4) is 0 Å². The Morgan fingerprint density at radius 3 is 2.67 bits per heavy atom. The van der Waals surface area contributed by atoms with E-state index in [1.54, 1.807) is 24.3 Å². The highest BCUT2D eigenvalue weighted by Gasteiger charge is 2.28. The van der Waals surface area contributed by atoms with Gasteiger partial charge in [-0.3, -0.25) is 4.79 Å². The van der Waals surface area contributed by atoms with Crippen molar-refractivity contribution in [3.8, 4) is 5.75 Å². The summed E-state index contributed by atoms with van der Waals surface area (Å²) in [5.41, 5.74) is 3.58. The zero-order chi connectivity index (χ0) is 17.1. The van der Waals surface area contributed by atoms with Crippen LogP contribution in [0.2, 0.25) is 0 Å². The van der Waals surface area contributed by atoms with Crippen molar-refractivity contribution < 1.29 is 9.90 Å². The van der Waals surface area contributed by atoms with Gasteiger partial charge in [-0.1, -0.05) is 30.3 Å². The summed E-state index contributed by atoms with van der Waals surface area (Å²) in [5.74, 6) is 0.0724. The van der Waals surface area contributed by atoms with Gasteiger partial charge in [0, 0.05) is 0 Å². The highest BCUT2D eigenvalue weighted by molar-refractivity contribution is 6.32. The first-order chi connectivity index (χ1) is 11.6. The van der Waals surface area contributed by atoms with Crippen LogP contribution in [0.1, 0.15) is 18.1 Å². The lowest BCUT2D eigenvalue weighted by molar-refractivity contribution is -0.114. The second-order valence-corrected chi connectivity index (χ2v) is 5.58. The molecular weight excluding hydrogens is 300 g/mol. The third-order valence-electron chi connectivity index (χ3n) is 3.84. The minimum absolute atomic E-state index is 0.156. The maximum Gasteiger partial charge on any atom is 0.280 e. The van der Waals surface area contributed by atoms with Crippen molar-refractivity contribution in [2.24, 2.45) is 5.10 Å². The second-order valence-electron chi connectivity index (χ2n) is 5.58. The van der Waals surface area contributed by atoms with Gasteiger partial charge in [0.2, 0.25) is 0 Å². The maximum absolute atomic E-state index is 12.7. The maximum atomic E-state index is 12.7. The molecule has 2 aromatic rings. The molecule has 0 fully saturated rings. The van der Waals surface area contributed by atoms with Crippen LogP contribution in [-0.2, 0) is 11.2 Å². The number of hydrazone groups is 1. The van der Waals surface area contributed by atoms with Crippen molar-refractivity contribution in [3.05, 3.63) is 77.9 Å². The summed E-state index contributed by atoms with van der Waals surface area (Å²) in [7, 11) is 0. The van der Waals surface area contributed by atoms with Crippen LogP contribution >= 0.6 is 0 Å². The predicted molar refractivity (Wildman–Crippen MR) is 97.0 cm³/mol. The summed E-state index contributed by atoms with van der Waals surface area (Å²) in [6, 6.07) is 14.6. The third-order valence-corrected chi connectivity index (χ3v) is 3.84. The van der Waals surface area contributed by atoms with Crippen molar-refractivity contribution in [1.29, 1.82) is 0 Å². The lowest BCUT2D eigenvalue weighted by Crippen LogP contribution is -2.21. The zero-order valence-electron chi connectivity index (χ0n) is 13.4. The van der Waals surface area contributed by atoms with E-state index in [1.807, 2.05) is 43.3 Å². The molecule has 0 saturated carbocycles. The molecule has 0 spiro atoms. The molecule has 2 aromatic carbocycles. The van der Waals surface area contributed by atoms with E-state index < -0.39 is 0 Å². The minimum Gasteiger partial charge on any atom is -0.508 e. The van der Waals surface area contributed by atoms with Gasteiger partial charge in [0.15, 0.2) is 0 Å². The van der Waals surface area contributed by atoms with Crippen LogP contribution in [0.15, 0.2) is 71.9 Å². The monoisotopic (exact) mass is 318 g/mol. The van der Waals surface area contributed by atoms with E-state index in [2.05, 4.69) is 11.7 Å². The zero-order valence-corrected chi connectivity index (χ0v) is 13.4. The molecule has 0 bridgehead atoms. The van der Waals surface area contributed by atoms with E-state index >= 15 is 0 Å². The highest BCUT2D eigenvalue weighted by Crippen LogP contribution is 2.26. The molecule has 4 nitrogen and oxygen atoms in total. The number of benzene rings is 2. The predicted octanol–water partition coefficient (Wildman–Crippen LogP) is 3.93. The molecule has 1 amide bonds. The fraction of sp³-hybridized carbons (Fsp3) is 0.100. The number of rotatable bonds is 4. The number of anilines is 1. The first-order valence-electron chi connectivity index (χ1n) is 7.69. The lowest BCUT2D eigenvalue weighted by atomic mass is 10.0. The van der Waals surface area contributed by atoms with Gasteiger partial charge < -0.3 is 5.11 Å². The Morgan fingerprint density at radius 1 is 1.21 bits per heavy atom. The summed E-state index contributed by atoms with van der Waals surface area (Å²) >= 11 is 0. The van der Waals surface area contributed by atoms with Crippen LogP contribution < -0.4 is 5.01 Å². The van der Waals surface area contributed by atoms with E-state index in [-0.39, 0.29) is 11.7 Å². The molecule has 4 heteroatoms. The first kappa shape index (κ1) is 15.7. The number of nitrogens with zero attached hydrogens (tertiary/aromatic N) is 2. The highest BCUT2D eigenvalue weighted by atomic mass is 16.3. The van der Waals surface area contributed by atoms with Gasteiger partial charge in [0.1, 0.15) is 5.75 Å². The minimum atomic E-state index is -0.156. The molecule has 0 radical (unpaired) electrons. The van der Waals surface area contributed by atoms with E-state index in [0.717, 1.165) is 16.8 Å². The van der Waals surface area contributed by atoms with E-state index in [4.69, 9.17) is 0 Å². The summed E-state index contributed by atoms with van der Waals surface area (Å²) in [6.45, 7) is 5.51. The quantitative estimate of drug-likeness (QED) is 0.686. The first-order valence-corrected chi connectivity index (χ1v) is 7.69. The van der Waals surface area contributed by atoms with Gasteiger partial charge in [-0.15, -0.1) is 6.58 Å². The van der Waals surface area contributed by atoms with Gasteiger partial charge in [-0.25, -0.2) is 0 Å². The van der Waals surface area contributed by atoms with Crippen molar-refractivity contribution in [2.45, 2.75) is 13.3 Å². The van der Waals surface area contributed by atoms with Gasteiger partial charge >= 0.3 is 0 Å². The number of para-hydroxylation sites is 1. The number of phenols is 1. The number of carbonyl (C=O) groups is 1. The number of phenolic OH excluding ortho intramolecular Hbond substituents is 1. The number of hydrogen-bond donors (Lipinski definition) is 1. The van der Waals surface area contributed by atoms with Gasteiger partial charge in [-0.2, -0.15) is 10.1 Å². The fourth-order valence-electron chi connectivity index (χ4n) is 2.61. The van der Waals surface area contributed by atoms with Crippen molar-refractivity contribution in [2.75, 3.05) is 5.01 Å². The molecule has 0 saturated heterocycles. The molecule has 0 aliphatic carbocycles. The number of aromatic hydroxyl groups is 1. The SMILES string of the molecule is C=CCc1cc(/C=C2/C(=O)N(c3ccccc3)N=C2C)ccc1O. The topological polar surface area (TPSA) is 52.9 Å². The molecule has 120 valence electrons. The molecule has 3 rings (SSSR count). The average molecular weight is 318 g/mol. The number of amides is 1. The molecule has 0 unspecified atom stereocenters. The number of allylic oxidation sites excluding steroid dienone is 1. The second kappa shape index (κ2) is 6.54. The van der Waals surface area contributed by atoms with Crippen molar-refractivity contribution in [1.82, 2.24) is 0 Å². The van der Waals surface area contributed by atoms with Crippen molar-refractivity contribution in [3.63, 3.8) is 0 Å². The molecule has 1 N–H and O–H groups in total. The molecule has 1 heterocycles. The van der Waals surface area contributed by atoms with Crippen LogP contribution in [0, 0.1) is 0 Å². The number of hydrogen-bond acceptors (Lipinski definition) is 3. The summed E-state index contributed by atoms with van der Waals surface area (Å²) in [5, 5.41) is 15.6. The van der Waals surface area contributed by atoms with Crippen molar-refractivity contribution >= 4 is 23.4 Å². The smallest absolute Gasteiger partial charge is 0.280 e. The Balaban J connectivity index is 1.94. The molecule has 1 aliphatic heterocycles. The largest absolute Gasteiger partial charge is 0.508 e. The van der Waals surface area contributed by atoms with Gasteiger partial charge in [0.25, 0.3) is 5.91 Å². The summed E-state index contributed by atoms with van der Waals surface area (Å²) in [4.78, 5) is 12.7. The van der Waals surface area contributed by atoms with E-state index in [1.165, 1.54) is 5.01 Å². The standard InChI is InChI=1S/C20H18N2O2/c1-3-7-16-12-15(10-11-19(16)23)13-18-14(2)21-22(20(18)24)17-8-5-4-6-9-17/h3-6,8-13,23H,1,7H2,2H3/b18-13+. The Labute approximate surface area is 141 Å². The van der Waals surface area contributed by atoms with E-state index in [0.29, 0.717) is 17.7 Å². The molecule has 0 aromatic heterocycles. The summed E-state index contributed by atoms with van der Waals surface area (Å²) < 4.78 is 0. The molecule has 0 atom stereocenters. The third kappa shape index (κ3) is 2.99. The lowest BCUT2D eigenvalue weighted by Gasteiger charge is -2.11. The summed E-state index contributed by atoms with van der Waals surface area (Å²) in [6.07, 6.45) is 4.10. The average Bonchev–Trinajstić information content (AvgIpc) is 2.87. The Bertz CT molecular complexity index is 851. The Morgan fingerprint density at radius 2 is 1.96 bits per heavy atom.